The van der Waals surface area contributed by atoms with Crippen molar-refractivity contribution in [1.82, 2.24) is 19.9 Å². The van der Waals surface area contributed by atoms with E-state index in [4.69, 9.17) is 5.11 Å². The van der Waals surface area contributed by atoms with Crippen LogP contribution in [-0.2, 0) is 4.79 Å². The van der Waals surface area contributed by atoms with Crippen LogP contribution in [0.5, 0.6) is 0 Å². The van der Waals surface area contributed by atoms with Crippen LogP contribution in [0.25, 0.3) is 5.69 Å². The molecule has 1 aliphatic heterocycles. The van der Waals surface area contributed by atoms with Gasteiger partial charge in [-0.25, -0.2) is 4.68 Å². The number of nitro groups is 1. The predicted octanol–water partition coefficient (Wildman–Crippen LogP) is 1.50. The van der Waals surface area contributed by atoms with E-state index in [9.17, 15) is 19.7 Å². The number of piperidine rings is 1. The highest BCUT2D eigenvalue weighted by atomic mass is 16.6. The summed E-state index contributed by atoms with van der Waals surface area (Å²) in [5.74, 6) is -1.31. The molecule has 1 N–H and O–H groups in total. The number of hydrogen-bond donors (Lipinski definition) is 1. The summed E-state index contributed by atoms with van der Waals surface area (Å²) >= 11 is 0. The van der Waals surface area contributed by atoms with Crippen molar-refractivity contribution in [1.29, 1.82) is 0 Å². The van der Waals surface area contributed by atoms with Crippen molar-refractivity contribution >= 4 is 17.6 Å². The van der Waals surface area contributed by atoms with Gasteiger partial charge in [0, 0.05) is 25.2 Å². The highest BCUT2D eigenvalue weighted by Crippen LogP contribution is 2.59. The molecule has 4 rings (SSSR count). The lowest BCUT2D eigenvalue weighted by Gasteiger charge is -2.32. The number of benzene rings is 1. The normalized spacial score (nSPS) is 20.4. The van der Waals surface area contributed by atoms with Crippen LogP contribution in [-0.4, -0.2) is 54.9 Å². The molecule has 2 aromatic rings. The molecule has 2 fully saturated rings. The Kier molecular flexibility index (Phi) is 3.90. The number of non-ortho nitro benzene ring substituents is 1. The number of amides is 1. The van der Waals surface area contributed by atoms with E-state index in [0.29, 0.717) is 38.0 Å². The van der Waals surface area contributed by atoms with Gasteiger partial charge in [0.05, 0.1) is 22.7 Å². The zero-order valence-electron chi connectivity index (χ0n) is 14.3. The first-order valence-electron chi connectivity index (χ1n) is 8.59. The molecule has 1 unspecified atom stereocenters. The molecule has 2 aliphatic rings. The third-order valence-electron chi connectivity index (χ3n) is 5.55. The van der Waals surface area contributed by atoms with Gasteiger partial charge in [-0.1, -0.05) is 11.3 Å². The van der Waals surface area contributed by atoms with Crippen LogP contribution in [0.2, 0.25) is 0 Å². The lowest BCUT2D eigenvalue weighted by Crippen LogP contribution is -2.40. The van der Waals surface area contributed by atoms with E-state index in [1.807, 2.05) is 0 Å². The first-order valence-corrected chi connectivity index (χ1v) is 8.59. The van der Waals surface area contributed by atoms with Crippen molar-refractivity contribution in [3.05, 3.63) is 46.3 Å². The minimum Gasteiger partial charge on any atom is -0.481 e. The molecule has 27 heavy (non-hydrogen) atoms. The number of aliphatic carboxylic acids is 1. The SMILES string of the molecule is O=C(O)C1CC12CCN(C(=O)c1cn(-c3cccc([N+](=O)[O-])c3)nn1)CC2. The van der Waals surface area contributed by atoms with E-state index < -0.39 is 10.9 Å². The van der Waals surface area contributed by atoms with Crippen molar-refractivity contribution in [3.8, 4) is 5.69 Å². The van der Waals surface area contributed by atoms with Crippen LogP contribution in [0.4, 0.5) is 5.69 Å². The molecule has 1 aromatic heterocycles. The molecule has 2 heterocycles. The largest absolute Gasteiger partial charge is 0.481 e. The van der Waals surface area contributed by atoms with Crippen molar-refractivity contribution < 1.29 is 19.6 Å². The number of nitro benzene ring substituents is 1. The molecule has 0 radical (unpaired) electrons. The first kappa shape index (κ1) is 17.1. The number of hydrogen-bond acceptors (Lipinski definition) is 6. The molecule has 140 valence electrons. The summed E-state index contributed by atoms with van der Waals surface area (Å²) in [7, 11) is 0. The van der Waals surface area contributed by atoms with Gasteiger partial charge in [0.2, 0.25) is 0 Å². The third-order valence-corrected chi connectivity index (χ3v) is 5.55. The molecule has 0 bridgehead atoms. The Bertz CT molecular complexity index is 931. The van der Waals surface area contributed by atoms with E-state index in [1.54, 1.807) is 11.0 Å². The third kappa shape index (κ3) is 3.03. The van der Waals surface area contributed by atoms with E-state index in [-0.39, 0.29) is 28.6 Å². The van der Waals surface area contributed by atoms with Crippen LogP contribution >= 0.6 is 0 Å². The second-order valence-corrected chi connectivity index (χ2v) is 7.07. The van der Waals surface area contributed by atoms with Gasteiger partial charge in [-0.2, -0.15) is 0 Å². The zero-order chi connectivity index (χ0) is 19.2. The highest BCUT2D eigenvalue weighted by molar-refractivity contribution is 5.92. The average Bonchev–Trinajstić information content (AvgIpc) is 3.14. The van der Waals surface area contributed by atoms with E-state index in [2.05, 4.69) is 10.3 Å². The Hall–Kier alpha value is -3.30. The van der Waals surface area contributed by atoms with Crippen molar-refractivity contribution in [2.24, 2.45) is 11.3 Å². The minimum absolute atomic E-state index is 0.0744. The summed E-state index contributed by atoms with van der Waals surface area (Å²) in [5, 5.41) is 27.8. The molecule has 1 aliphatic carbocycles. The Balaban J connectivity index is 1.45. The number of carbonyl (C=O) groups excluding carboxylic acids is 1. The van der Waals surface area contributed by atoms with Gasteiger partial charge in [0.1, 0.15) is 0 Å². The van der Waals surface area contributed by atoms with Crippen molar-refractivity contribution in [2.75, 3.05) is 13.1 Å². The van der Waals surface area contributed by atoms with Crippen LogP contribution in [0.15, 0.2) is 30.5 Å². The molecular formula is C17H17N5O5. The topological polar surface area (TPSA) is 131 Å². The summed E-state index contributed by atoms with van der Waals surface area (Å²) in [6.45, 7) is 0.985. The smallest absolute Gasteiger partial charge is 0.307 e. The second kappa shape index (κ2) is 6.15. The molecule has 1 saturated heterocycles. The van der Waals surface area contributed by atoms with Gasteiger partial charge < -0.3 is 10.0 Å². The number of rotatable bonds is 4. The Labute approximate surface area is 153 Å². The number of nitrogens with zero attached hydrogens (tertiary/aromatic N) is 5. The highest BCUT2D eigenvalue weighted by Gasteiger charge is 2.59. The fraction of sp³-hybridized carbons (Fsp3) is 0.412. The monoisotopic (exact) mass is 371 g/mol. The van der Waals surface area contributed by atoms with Crippen molar-refractivity contribution in [3.63, 3.8) is 0 Å². The van der Waals surface area contributed by atoms with Crippen molar-refractivity contribution in [2.45, 2.75) is 19.3 Å². The molecule has 1 atom stereocenters. The maximum atomic E-state index is 12.7. The molecule has 1 spiro atoms. The first-order chi connectivity index (χ1) is 12.9. The number of likely N-dealkylation sites (tertiary alicyclic amines) is 1. The summed E-state index contributed by atoms with van der Waals surface area (Å²) in [4.78, 5) is 35.8. The van der Waals surface area contributed by atoms with Gasteiger partial charge in [-0.15, -0.1) is 5.10 Å². The van der Waals surface area contributed by atoms with E-state index >= 15 is 0 Å². The lowest BCUT2D eigenvalue weighted by atomic mass is 9.90. The Morgan fingerprint density at radius 2 is 2.04 bits per heavy atom. The summed E-state index contributed by atoms with van der Waals surface area (Å²) in [6.07, 6.45) is 3.49. The van der Waals surface area contributed by atoms with Crippen LogP contribution in [0.3, 0.4) is 0 Å². The number of carbonyl (C=O) groups is 2. The van der Waals surface area contributed by atoms with Crippen LogP contribution < -0.4 is 0 Å². The number of aromatic nitrogens is 3. The average molecular weight is 371 g/mol. The maximum absolute atomic E-state index is 12.7. The Morgan fingerprint density at radius 3 is 2.67 bits per heavy atom. The zero-order valence-corrected chi connectivity index (χ0v) is 14.3. The van der Waals surface area contributed by atoms with E-state index in [0.717, 1.165) is 0 Å². The fourth-order valence-electron chi connectivity index (χ4n) is 3.80. The second-order valence-electron chi connectivity index (χ2n) is 7.07. The van der Waals surface area contributed by atoms with Crippen LogP contribution in [0, 0.1) is 21.4 Å². The maximum Gasteiger partial charge on any atom is 0.307 e. The summed E-state index contributed by atoms with van der Waals surface area (Å²) < 4.78 is 1.33. The summed E-state index contributed by atoms with van der Waals surface area (Å²) in [5.41, 5.74) is 0.372. The lowest BCUT2D eigenvalue weighted by molar-refractivity contribution is -0.384. The number of carboxylic acids is 1. The molecule has 10 heteroatoms. The van der Waals surface area contributed by atoms with Gasteiger partial charge in [-0.05, 0) is 30.7 Å². The van der Waals surface area contributed by atoms with Gasteiger partial charge in [0.15, 0.2) is 5.69 Å². The molecular weight excluding hydrogens is 354 g/mol. The van der Waals surface area contributed by atoms with Gasteiger partial charge in [0.25, 0.3) is 11.6 Å². The fourth-order valence-corrected chi connectivity index (χ4v) is 3.80. The van der Waals surface area contributed by atoms with E-state index in [1.165, 1.54) is 29.1 Å². The predicted molar refractivity (Wildman–Crippen MR) is 91.3 cm³/mol. The molecule has 1 aromatic carbocycles. The molecule has 1 saturated carbocycles. The minimum atomic E-state index is -0.755. The quantitative estimate of drug-likeness (QED) is 0.636. The summed E-state index contributed by atoms with van der Waals surface area (Å²) in [6, 6.07) is 5.90. The standard InChI is InChI=1S/C17H17N5O5/c23-15(20-6-4-17(5-7-20)9-13(17)16(24)25)14-10-21(19-18-14)11-2-1-3-12(8-11)22(26)27/h1-3,8,10,13H,4-7,9H2,(H,24,25). The molecule has 10 nitrogen and oxygen atoms in total. The molecule has 1 amide bonds. The van der Waals surface area contributed by atoms with Crippen LogP contribution in [0.1, 0.15) is 29.8 Å². The van der Waals surface area contributed by atoms with Gasteiger partial charge >= 0.3 is 5.97 Å². The Morgan fingerprint density at radius 1 is 1.30 bits per heavy atom. The van der Waals surface area contributed by atoms with Gasteiger partial charge in [-0.3, -0.25) is 19.7 Å². The number of carboxylic acid groups (broad SMARTS) is 1.